The third kappa shape index (κ3) is 3.74. The van der Waals surface area contributed by atoms with Crippen LogP contribution in [0.1, 0.15) is 25.6 Å². The van der Waals surface area contributed by atoms with E-state index in [0.717, 1.165) is 28.2 Å². The van der Waals surface area contributed by atoms with Gasteiger partial charge < -0.3 is 9.73 Å². The van der Waals surface area contributed by atoms with E-state index in [2.05, 4.69) is 19.2 Å². The van der Waals surface area contributed by atoms with Gasteiger partial charge in [-0.05, 0) is 43.0 Å². The van der Waals surface area contributed by atoms with Crippen LogP contribution in [0.4, 0.5) is 4.39 Å². The Hall–Kier alpha value is -1.00. The van der Waals surface area contributed by atoms with Gasteiger partial charge in [-0.2, -0.15) is 11.8 Å². The van der Waals surface area contributed by atoms with Crippen LogP contribution < -0.4 is 5.32 Å². The SMILES string of the molecule is CNC(CSCC(C)C)c1cc2cc(F)ccc2o1. The van der Waals surface area contributed by atoms with E-state index in [0.29, 0.717) is 5.92 Å². The van der Waals surface area contributed by atoms with E-state index >= 15 is 0 Å². The van der Waals surface area contributed by atoms with E-state index in [-0.39, 0.29) is 11.9 Å². The molecule has 0 radical (unpaired) electrons. The molecule has 0 aliphatic rings. The van der Waals surface area contributed by atoms with Gasteiger partial charge in [-0.15, -0.1) is 0 Å². The molecule has 0 spiro atoms. The first kappa shape index (κ1) is 14.4. The number of hydrogen-bond donors (Lipinski definition) is 1. The molecule has 0 saturated carbocycles. The summed E-state index contributed by atoms with van der Waals surface area (Å²) in [4.78, 5) is 0. The molecule has 2 nitrogen and oxygen atoms in total. The lowest BCUT2D eigenvalue weighted by Gasteiger charge is -2.13. The predicted molar refractivity (Wildman–Crippen MR) is 80.1 cm³/mol. The zero-order valence-corrected chi connectivity index (χ0v) is 12.4. The summed E-state index contributed by atoms with van der Waals surface area (Å²) in [6.45, 7) is 4.43. The van der Waals surface area contributed by atoms with Crippen LogP contribution >= 0.6 is 11.8 Å². The third-order valence-corrected chi connectivity index (χ3v) is 4.40. The van der Waals surface area contributed by atoms with Crippen LogP contribution in [0.25, 0.3) is 11.0 Å². The first-order valence-corrected chi connectivity index (χ1v) is 7.69. The van der Waals surface area contributed by atoms with Crippen molar-refractivity contribution < 1.29 is 8.81 Å². The van der Waals surface area contributed by atoms with Crippen LogP contribution in [0.15, 0.2) is 28.7 Å². The lowest BCUT2D eigenvalue weighted by Crippen LogP contribution is -2.18. The molecule has 0 amide bonds. The second-order valence-corrected chi connectivity index (χ2v) is 6.18. The smallest absolute Gasteiger partial charge is 0.134 e. The van der Waals surface area contributed by atoms with Gasteiger partial charge in [0.15, 0.2) is 0 Å². The van der Waals surface area contributed by atoms with Crippen molar-refractivity contribution in [2.75, 3.05) is 18.6 Å². The molecule has 0 saturated heterocycles. The highest BCUT2D eigenvalue weighted by molar-refractivity contribution is 7.99. The lowest BCUT2D eigenvalue weighted by molar-refractivity contribution is 0.478. The summed E-state index contributed by atoms with van der Waals surface area (Å²) >= 11 is 1.91. The highest BCUT2D eigenvalue weighted by Gasteiger charge is 2.15. The normalized spacial score (nSPS) is 13.3. The minimum atomic E-state index is -0.227. The molecule has 4 heteroatoms. The van der Waals surface area contributed by atoms with Gasteiger partial charge in [0.25, 0.3) is 0 Å². The molecule has 104 valence electrons. The summed E-state index contributed by atoms with van der Waals surface area (Å²) in [7, 11) is 1.92. The van der Waals surface area contributed by atoms with Crippen molar-refractivity contribution in [2.24, 2.45) is 5.92 Å². The fourth-order valence-electron chi connectivity index (χ4n) is 1.94. The van der Waals surface area contributed by atoms with Crippen LogP contribution in [0.5, 0.6) is 0 Å². The van der Waals surface area contributed by atoms with Gasteiger partial charge >= 0.3 is 0 Å². The summed E-state index contributed by atoms with van der Waals surface area (Å²) in [6.07, 6.45) is 0. The fourth-order valence-corrected chi connectivity index (χ4v) is 3.11. The van der Waals surface area contributed by atoms with Crippen LogP contribution in [0.2, 0.25) is 0 Å². The number of hydrogen-bond acceptors (Lipinski definition) is 3. The van der Waals surface area contributed by atoms with Gasteiger partial charge in [-0.3, -0.25) is 0 Å². The first-order valence-electron chi connectivity index (χ1n) is 6.54. The average Bonchev–Trinajstić information content (AvgIpc) is 2.76. The molecule has 2 rings (SSSR count). The topological polar surface area (TPSA) is 25.2 Å². The highest BCUT2D eigenvalue weighted by atomic mass is 32.2. The third-order valence-electron chi connectivity index (χ3n) is 2.93. The number of halogens is 1. The van der Waals surface area contributed by atoms with Gasteiger partial charge in [0, 0.05) is 11.1 Å². The summed E-state index contributed by atoms with van der Waals surface area (Å²) in [5.41, 5.74) is 0.741. The molecule has 0 fully saturated rings. The molecule has 19 heavy (non-hydrogen) atoms. The van der Waals surface area contributed by atoms with Crippen LogP contribution in [0, 0.1) is 11.7 Å². The Balaban J connectivity index is 2.11. The highest BCUT2D eigenvalue weighted by Crippen LogP contribution is 2.27. The Bertz CT molecular complexity index is 538. The standard InChI is InChI=1S/C15H20FNOS/c1-10(2)8-19-9-13(17-3)15-7-11-6-12(16)4-5-14(11)18-15/h4-7,10,13,17H,8-9H2,1-3H3. The zero-order chi connectivity index (χ0) is 13.8. The maximum atomic E-state index is 13.2. The van der Waals surface area contributed by atoms with Gasteiger partial charge in [0.1, 0.15) is 17.2 Å². The summed E-state index contributed by atoms with van der Waals surface area (Å²) in [5.74, 6) is 3.42. The van der Waals surface area contributed by atoms with Crippen molar-refractivity contribution in [2.45, 2.75) is 19.9 Å². The van der Waals surface area contributed by atoms with Crippen molar-refractivity contribution in [1.82, 2.24) is 5.32 Å². The number of furan rings is 1. The minimum absolute atomic E-state index is 0.166. The Kier molecular flexibility index (Phi) is 4.88. The van der Waals surface area contributed by atoms with Gasteiger partial charge in [0.2, 0.25) is 0 Å². The van der Waals surface area contributed by atoms with Crippen molar-refractivity contribution in [1.29, 1.82) is 0 Å². The molecule has 0 aliphatic carbocycles. The monoisotopic (exact) mass is 281 g/mol. The molecular formula is C15H20FNOS. The summed E-state index contributed by atoms with van der Waals surface area (Å²) < 4.78 is 19.0. The Morgan fingerprint density at radius 1 is 1.26 bits per heavy atom. The van der Waals surface area contributed by atoms with Crippen molar-refractivity contribution in [3.63, 3.8) is 0 Å². The summed E-state index contributed by atoms with van der Waals surface area (Å²) in [6, 6.07) is 6.71. The quantitative estimate of drug-likeness (QED) is 0.858. The van der Waals surface area contributed by atoms with Crippen molar-refractivity contribution >= 4 is 22.7 Å². The summed E-state index contributed by atoms with van der Waals surface area (Å²) in [5, 5.41) is 4.08. The van der Waals surface area contributed by atoms with Crippen molar-refractivity contribution in [3.05, 3.63) is 35.8 Å². The first-order chi connectivity index (χ1) is 9.10. The van der Waals surface area contributed by atoms with Crippen LogP contribution in [-0.4, -0.2) is 18.6 Å². The molecule has 1 aromatic heterocycles. The van der Waals surface area contributed by atoms with Gasteiger partial charge in [-0.25, -0.2) is 4.39 Å². The van der Waals surface area contributed by atoms with E-state index in [4.69, 9.17) is 4.42 Å². The minimum Gasteiger partial charge on any atom is -0.459 e. The number of rotatable bonds is 6. The maximum Gasteiger partial charge on any atom is 0.134 e. The van der Waals surface area contributed by atoms with Gasteiger partial charge in [-0.1, -0.05) is 13.8 Å². The lowest BCUT2D eigenvalue weighted by atomic mass is 10.2. The number of thioether (sulfide) groups is 1. The van der Waals surface area contributed by atoms with E-state index < -0.39 is 0 Å². The fraction of sp³-hybridized carbons (Fsp3) is 0.467. The second kappa shape index (κ2) is 6.44. The maximum absolute atomic E-state index is 13.2. The average molecular weight is 281 g/mol. The molecule has 1 N–H and O–H groups in total. The Morgan fingerprint density at radius 3 is 2.74 bits per heavy atom. The van der Waals surface area contributed by atoms with Crippen LogP contribution in [-0.2, 0) is 0 Å². The van der Waals surface area contributed by atoms with E-state index in [1.54, 1.807) is 6.07 Å². The van der Waals surface area contributed by atoms with Crippen LogP contribution in [0.3, 0.4) is 0 Å². The molecule has 0 aliphatic heterocycles. The molecular weight excluding hydrogens is 261 g/mol. The van der Waals surface area contributed by atoms with Crippen molar-refractivity contribution in [3.8, 4) is 0 Å². The van der Waals surface area contributed by atoms with E-state index in [1.165, 1.54) is 12.1 Å². The van der Waals surface area contributed by atoms with E-state index in [9.17, 15) is 4.39 Å². The Labute approximate surface area is 117 Å². The molecule has 1 unspecified atom stereocenters. The molecule has 1 heterocycles. The zero-order valence-electron chi connectivity index (χ0n) is 11.6. The van der Waals surface area contributed by atoms with E-state index in [1.807, 2.05) is 24.9 Å². The Morgan fingerprint density at radius 2 is 2.05 bits per heavy atom. The predicted octanol–water partition coefficient (Wildman–Crippen LogP) is 4.22. The number of fused-ring (bicyclic) bond motifs is 1. The van der Waals surface area contributed by atoms with Gasteiger partial charge in [0.05, 0.1) is 6.04 Å². The molecule has 1 aromatic carbocycles. The number of nitrogens with one attached hydrogen (secondary N) is 1. The molecule has 0 bridgehead atoms. The largest absolute Gasteiger partial charge is 0.459 e. The number of benzene rings is 1. The molecule has 1 atom stereocenters. The second-order valence-electron chi connectivity index (χ2n) is 5.10. The molecule has 2 aromatic rings.